The fourth-order valence-corrected chi connectivity index (χ4v) is 3.25. The molecular formula is C20H24N3O5+. The first kappa shape index (κ1) is 19.6. The van der Waals surface area contributed by atoms with E-state index in [1.165, 1.54) is 18.3 Å². The van der Waals surface area contributed by atoms with Crippen molar-refractivity contribution >= 4 is 23.5 Å². The third-order valence-electron chi connectivity index (χ3n) is 4.77. The molecule has 0 unspecified atom stereocenters. The van der Waals surface area contributed by atoms with E-state index in [1.54, 1.807) is 36.4 Å². The van der Waals surface area contributed by atoms with Gasteiger partial charge in [0, 0.05) is 24.6 Å². The Kier molecular flexibility index (Phi) is 6.44. The van der Waals surface area contributed by atoms with Crippen LogP contribution >= 0.6 is 0 Å². The number of hydrogen-bond donors (Lipinski definition) is 3. The number of rotatable bonds is 6. The zero-order valence-electron chi connectivity index (χ0n) is 15.7. The maximum atomic E-state index is 12.3. The standard InChI is InChI=1S/C20H23N3O5/c1-27-20(26)14-4-6-15(7-5-14)21-18(24)13-23-10-8-16(9-11-23)22-19(25)17-3-2-12-28-17/h2-7,12,16H,8-11,13H2,1H3,(H,21,24)(H,22,25)/p+1. The van der Waals surface area contributed by atoms with Crippen molar-refractivity contribution in [1.82, 2.24) is 5.32 Å². The highest BCUT2D eigenvalue weighted by molar-refractivity contribution is 5.93. The molecular weight excluding hydrogens is 362 g/mol. The number of piperidine rings is 1. The van der Waals surface area contributed by atoms with Crippen LogP contribution in [0.15, 0.2) is 47.1 Å². The lowest BCUT2D eigenvalue weighted by Crippen LogP contribution is -3.14. The van der Waals surface area contributed by atoms with Gasteiger partial charge in [-0.15, -0.1) is 0 Å². The molecule has 3 rings (SSSR count). The van der Waals surface area contributed by atoms with Crippen LogP contribution in [0.3, 0.4) is 0 Å². The van der Waals surface area contributed by atoms with Gasteiger partial charge in [-0.05, 0) is 36.4 Å². The molecule has 8 nitrogen and oxygen atoms in total. The fraction of sp³-hybridized carbons (Fsp3) is 0.350. The van der Waals surface area contributed by atoms with Gasteiger partial charge < -0.3 is 24.7 Å². The second kappa shape index (κ2) is 9.18. The monoisotopic (exact) mass is 386 g/mol. The molecule has 1 aromatic carbocycles. The van der Waals surface area contributed by atoms with Gasteiger partial charge in [0.05, 0.1) is 32.0 Å². The van der Waals surface area contributed by atoms with E-state index in [-0.39, 0.29) is 17.9 Å². The first-order valence-corrected chi connectivity index (χ1v) is 9.21. The zero-order chi connectivity index (χ0) is 19.9. The highest BCUT2D eigenvalue weighted by Gasteiger charge is 2.25. The summed E-state index contributed by atoms with van der Waals surface area (Å²) in [5.41, 5.74) is 1.07. The van der Waals surface area contributed by atoms with Crippen LogP contribution in [0.2, 0.25) is 0 Å². The predicted molar refractivity (Wildman–Crippen MR) is 101 cm³/mol. The highest BCUT2D eigenvalue weighted by Crippen LogP contribution is 2.10. The summed E-state index contributed by atoms with van der Waals surface area (Å²) in [5, 5.41) is 5.81. The molecule has 0 radical (unpaired) electrons. The van der Waals surface area contributed by atoms with E-state index in [9.17, 15) is 14.4 Å². The van der Waals surface area contributed by atoms with E-state index in [4.69, 9.17) is 4.42 Å². The quantitative estimate of drug-likeness (QED) is 0.627. The largest absolute Gasteiger partial charge is 0.465 e. The Morgan fingerprint density at radius 3 is 2.46 bits per heavy atom. The van der Waals surface area contributed by atoms with Gasteiger partial charge in [-0.25, -0.2) is 4.79 Å². The number of methoxy groups -OCH3 is 1. The molecule has 1 aliphatic rings. The first-order valence-electron chi connectivity index (χ1n) is 9.21. The van der Waals surface area contributed by atoms with E-state index in [0.717, 1.165) is 25.9 Å². The summed E-state index contributed by atoms with van der Waals surface area (Å²) < 4.78 is 9.75. The molecule has 1 aliphatic heterocycles. The van der Waals surface area contributed by atoms with Crippen LogP contribution in [0.4, 0.5) is 5.69 Å². The summed E-state index contributed by atoms with van der Waals surface area (Å²) in [6.07, 6.45) is 3.09. The lowest BCUT2D eigenvalue weighted by atomic mass is 10.0. The smallest absolute Gasteiger partial charge is 0.337 e. The van der Waals surface area contributed by atoms with E-state index in [2.05, 4.69) is 15.4 Å². The normalized spacial score (nSPS) is 18.9. The van der Waals surface area contributed by atoms with Crippen LogP contribution in [-0.4, -0.2) is 50.6 Å². The number of carbonyl (C=O) groups excluding carboxylic acids is 3. The van der Waals surface area contributed by atoms with Gasteiger partial charge in [-0.2, -0.15) is 0 Å². The molecule has 2 aromatic rings. The van der Waals surface area contributed by atoms with Crippen LogP contribution in [0.5, 0.6) is 0 Å². The molecule has 2 amide bonds. The second-order valence-corrected chi connectivity index (χ2v) is 6.77. The van der Waals surface area contributed by atoms with Crippen molar-refractivity contribution in [3.63, 3.8) is 0 Å². The number of ether oxygens (including phenoxy) is 1. The molecule has 8 heteroatoms. The molecule has 148 valence electrons. The minimum Gasteiger partial charge on any atom is -0.465 e. The molecule has 28 heavy (non-hydrogen) atoms. The number of carbonyl (C=O) groups is 3. The molecule has 0 bridgehead atoms. The number of benzene rings is 1. The maximum absolute atomic E-state index is 12.3. The van der Waals surface area contributed by atoms with Crippen LogP contribution in [-0.2, 0) is 9.53 Å². The summed E-state index contributed by atoms with van der Waals surface area (Å²) in [6.45, 7) is 1.97. The SMILES string of the molecule is COC(=O)c1ccc(NC(=O)C[NH+]2CCC(NC(=O)c3ccco3)CC2)cc1. The molecule has 0 spiro atoms. The van der Waals surface area contributed by atoms with Crippen LogP contribution in [0, 0.1) is 0 Å². The number of anilines is 1. The Morgan fingerprint density at radius 1 is 1.14 bits per heavy atom. The summed E-state index contributed by atoms with van der Waals surface area (Å²) in [7, 11) is 1.33. The molecule has 0 atom stereocenters. The predicted octanol–water partition coefficient (Wildman–Crippen LogP) is 0.482. The van der Waals surface area contributed by atoms with E-state index in [0.29, 0.717) is 23.6 Å². The van der Waals surface area contributed by atoms with Gasteiger partial charge in [0.2, 0.25) is 0 Å². The maximum Gasteiger partial charge on any atom is 0.337 e. The minimum atomic E-state index is -0.413. The summed E-state index contributed by atoms with van der Waals surface area (Å²) in [6, 6.07) is 9.99. The third-order valence-corrected chi connectivity index (χ3v) is 4.77. The molecule has 0 aliphatic carbocycles. The second-order valence-electron chi connectivity index (χ2n) is 6.77. The number of amides is 2. The molecule has 3 N–H and O–H groups in total. The van der Waals surface area contributed by atoms with Crippen LogP contribution < -0.4 is 15.5 Å². The zero-order valence-corrected chi connectivity index (χ0v) is 15.7. The van der Waals surface area contributed by atoms with Gasteiger partial charge in [0.1, 0.15) is 0 Å². The number of nitrogens with one attached hydrogen (secondary N) is 3. The van der Waals surface area contributed by atoms with Crippen molar-refractivity contribution in [2.45, 2.75) is 18.9 Å². The van der Waals surface area contributed by atoms with Gasteiger partial charge in [-0.1, -0.05) is 0 Å². The average Bonchev–Trinajstić information content (AvgIpc) is 3.24. The first-order chi connectivity index (χ1) is 13.5. The molecule has 0 saturated carbocycles. The van der Waals surface area contributed by atoms with Crippen molar-refractivity contribution in [1.29, 1.82) is 0 Å². The number of furan rings is 1. The number of hydrogen-bond acceptors (Lipinski definition) is 5. The summed E-state index contributed by atoms with van der Waals surface area (Å²) in [4.78, 5) is 36.9. The van der Waals surface area contributed by atoms with Crippen molar-refractivity contribution in [2.24, 2.45) is 0 Å². The number of esters is 1. The van der Waals surface area contributed by atoms with E-state index in [1.807, 2.05) is 0 Å². The van der Waals surface area contributed by atoms with Crippen molar-refractivity contribution < 1.29 is 28.4 Å². The average molecular weight is 386 g/mol. The highest BCUT2D eigenvalue weighted by atomic mass is 16.5. The molecule has 2 heterocycles. The van der Waals surface area contributed by atoms with Gasteiger partial charge >= 0.3 is 5.97 Å². The molecule has 1 aromatic heterocycles. The fourth-order valence-electron chi connectivity index (χ4n) is 3.25. The lowest BCUT2D eigenvalue weighted by molar-refractivity contribution is -0.897. The van der Waals surface area contributed by atoms with Gasteiger partial charge in [0.15, 0.2) is 12.3 Å². The Hall–Kier alpha value is -3.13. The van der Waals surface area contributed by atoms with Gasteiger partial charge in [0.25, 0.3) is 11.8 Å². The third kappa shape index (κ3) is 5.20. The Labute approximate surface area is 162 Å². The van der Waals surface area contributed by atoms with Crippen LogP contribution in [0.1, 0.15) is 33.8 Å². The lowest BCUT2D eigenvalue weighted by Gasteiger charge is -2.29. The molecule has 1 saturated heterocycles. The molecule has 1 fully saturated rings. The topological polar surface area (TPSA) is 102 Å². The van der Waals surface area contributed by atoms with Gasteiger partial charge in [-0.3, -0.25) is 9.59 Å². The van der Waals surface area contributed by atoms with Crippen molar-refractivity contribution in [2.75, 3.05) is 32.1 Å². The Balaban J connectivity index is 1.41. The van der Waals surface area contributed by atoms with Crippen LogP contribution in [0.25, 0.3) is 0 Å². The summed E-state index contributed by atoms with van der Waals surface area (Å²) >= 11 is 0. The van der Waals surface area contributed by atoms with E-state index < -0.39 is 5.97 Å². The van der Waals surface area contributed by atoms with Crippen molar-refractivity contribution in [3.8, 4) is 0 Å². The Morgan fingerprint density at radius 2 is 1.86 bits per heavy atom. The minimum absolute atomic E-state index is 0.0844. The van der Waals surface area contributed by atoms with Crippen molar-refractivity contribution in [3.05, 3.63) is 54.0 Å². The van der Waals surface area contributed by atoms with E-state index >= 15 is 0 Å². The summed E-state index contributed by atoms with van der Waals surface area (Å²) in [5.74, 6) is -0.387. The number of quaternary nitrogens is 1. The Bertz CT molecular complexity index is 809. The number of likely N-dealkylation sites (tertiary alicyclic amines) is 1.